The van der Waals surface area contributed by atoms with Crippen LogP contribution in [0.4, 0.5) is 0 Å². The third kappa shape index (κ3) is 3.92. The molecule has 0 saturated heterocycles. The van der Waals surface area contributed by atoms with Gasteiger partial charge in [-0.25, -0.2) is 0 Å². The molecule has 0 bridgehead atoms. The van der Waals surface area contributed by atoms with E-state index in [4.69, 9.17) is 4.74 Å². The van der Waals surface area contributed by atoms with Crippen molar-refractivity contribution in [3.63, 3.8) is 0 Å². The third-order valence-electron chi connectivity index (χ3n) is 2.43. The lowest BCUT2D eigenvalue weighted by Gasteiger charge is -2.12. The minimum atomic E-state index is 0.551. The van der Waals surface area contributed by atoms with Crippen LogP contribution in [0.25, 0.3) is 0 Å². The molecule has 0 saturated carbocycles. The molecule has 0 amide bonds. The van der Waals surface area contributed by atoms with Gasteiger partial charge < -0.3 is 10.1 Å². The van der Waals surface area contributed by atoms with Gasteiger partial charge in [0.1, 0.15) is 5.75 Å². The average Bonchev–Trinajstić information content (AvgIpc) is 2.27. The van der Waals surface area contributed by atoms with Crippen LogP contribution < -0.4 is 10.1 Å². The average molecular weight is 207 g/mol. The summed E-state index contributed by atoms with van der Waals surface area (Å²) in [5, 5.41) is 3.18. The van der Waals surface area contributed by atoms with Crippen molar-refractivity contribution in [2.24, 2.45) is 0 Å². The highest BCUT2D eigenvalue weighted by Gasteiger charge is 2.03. The van der Waals surface area contributed by atoms with E-state index < -0.39 is 0 Å². The van der Waals surface area contributed by atoms with Gasteiger partial charge in [0.05, 0.1) is 6.61 Å². The van der Waals surface area contributed by atoms with Crippen molar-refractivity contribution in [3.8, 4) is 5.75 Å². The van der Waals surface area contributed by atoms with Crippen LogP contribution in [0.1, 0.15) is 31.7 Å². The Labute approximate surface area is 92.6 Å². The number of hydrogen-bond donors (Lipinski definition) is 1. The van der Waals surface area contributed by atoms with Gasteiger partial charge in [-0.3, -0.25) is 0 Å². The van der Waals surface area contributed by atoms with E-state index in [1.165, 1.54) is 5.56 Å². The first-order chi connectivity index (χ1) is 7.27. The zero-order valence-corrected chi connectivity index (χ0v) is 9.92. The molecule has 15 heavy (non-hydrogen) atoms. The van der Waals surface area contributed by atoms with E-state index in [0.717, 1.165) is 25.3 Å². The van der Waals surface area contributed by atoms with Gasteiger partial charge >= 0.3 is 0 Å². The molecule has 0 aliphatic rings. The first kappa shape index (κ1) is 12.1. The number of nitrogens with one attached hydrogen (secondary N) is 1. The maximum Gasteiger partial charge on any atom is 0.119 e. The van der Waals surface area contributed by atoms with Crippen LogP contribution in [-0.4, -0.2) is 20.2 Å². The van der Waals surface area contributed by atoms with Crippen LogP contribution in [-0.2, 0) is 0 Å². The van der Waals surface area contributed by atoms with Crippen molar-refractivity contribution in [3.05, 3.63) is 29.8 Å². The Morgan fingerprint density at radius 3 is 2.47 bits per heavy atom. The molecule has 1 rings (SSSR count). The van der Waals surface area contributed by atoms with Crippen molar-refractivity contribution in [2.45, 2.75) is 26.2 Å². The van der Waals surface area contributed by atoms with Gasteiger partial charge in [-0.05, 0) is 37.1 Å². The highest BCUT2D eigenvalue weighted by molar-refractivity contribution is 5.29. The Morgan fingerprint density at radius 1 is 1.27 bits per heavy atom. The zero-order chi connectivity index (χ0) is 11.1. The van der Waals surface area contributed by atoms with Gasteiger partial charge in [0, 0.05) is 6.54 Å². The summed E-state index contributed by atoms with van der Waals surface area (Å²) in [6.45, 7) is 6.14. The topological polar surface area (TPSA) is 21.3 Å². The molecular weight excluding hydrogens is 186 g/mol. The molecule has 0 radical (unpaired) electrons. The fourth-order valence-electron chi connectivity index (χ4n) is 1.54. The molecule has 0 aliphatic carbocycles. The van der Waals surface area contributed by atoms with Crippen LogP contribution in [0.3, 0.4) is 0 Å². The predicted molar refractivity (Wildman–Crippen MR) is 64.6 cm³/mol. The van der Waals surface area contributed by atoms with Crippen molar-refractivity contribution >= 4 is 0 Å². The second-order valence-electron chi connectivity index (χ2n) is 3.88. The van der Waals surface area contributed by atoms with Gasteiger partial charge in [0.15, 0.2) is 0 Å². The smallest absolute Gasteiger partial charge is 0.119 e. The van der Waals surface area contributed by atoms with Crippen LogP contribution in [0.15, 0.2) is 24.3 Å². The van der Waals surface area contributed by atoms with Crippen LogP contribution in [0.2, 0.25) is 0 Å². The zero-order valence-electron chi connectivity index (χ0n) is 9.92. The second-order valence-corrected chi connectivity index (χ2v) is 3.88. The minimum absolute atomic E-state index is 0.551. The van der Waals surface area contributed by atoms with Crippen LogP contribution >= 0.6 is 0 Å². The monoisotopic (exact) mass is 207 g/mol. The maximum absolute atomic E-state index is 5.53. The van der Waals surface area contributed by atoms with Gasteiger partial charge in [-0.15, -0.1) is 0 Å². The van der Waals surface area contributed by atoms with Gasteiger partial charge in [0.25, 0.3) is 0 Å². The lowest BCUT2D eigenvalue weighted by Crippen LogP contribution is -2.14. The van der Waals surface area contributed by atoms with Crippen LogP contribution in [0, 0.1) is 0 Å². The number of ether oxygens (including phenoxy) is 1. The number of likely N-dealkylation sites (N-methyl/N-ethyl adjacent to an activating group) is 1. The van der Waals surface area contributed by atoms with Gasteiger partial charge in [-0.2, -0.15) is 0 Å². The number of hydrogen-bond acceptors (Lipinski definition) is 2. The van der Waals surface area contributed by atoms with E-state index in [1.807, 2.05) is 7.05 Å². The van der Waals surface area contributed by atoms with E-state index in [1.54, 1.807) is 0 Å². The lowest BCUT2D eigenvalue weighted by molar-refractivity contribution is 0.317. The number of benzene rings is 1. The minimum Gasteiger partial charge on any atom is -0.494 e. The fraction of sp³-hybridized carbons (Fsp3) is 0.538. The van der Waals surface area contributed by atoms with Crippen molar-refractivity contribution in [1.82, 2.24) is 5.32 Å². The maximum atomic E-state index is 5.53. The van der Waals surface area contributed by atoms with E-state index in [0.29, 0.717) is 5.92 Å². The molecule has 1 atom stereocenters. The molecule has 2 heteroatoms. The standard InChI is InChI=1S/C13H21NO/c1-4-9-15-13-7-5-12(6-8-13)11(2)10-14-3/h5-8,11,14H,4,9-10H2,1-3H3. The highest BCUT2D eigenvalue weighted by Crippen LogP contribution is 2.18. The van der Waals surface area contributed by atoms with Crippen molar-refractivity contribution in [2.75, 3.05) is 20.2 Å². The molecule has 84 valence electrons. The first-order valence-corrected chi connectivity index (χ1v) is 5.65. The summed E-state index contributed by atoms with van der Waals surface area (Å²) in [7, 11) is 1.98. The SMILES string of the molecule is CCCOc1ccc(C(C)CNC)cc1. The summed E-state index contributed by atoms with van der Waals surface area (Å²) >= 11 is 0. The molecule has 0 fully saturated rings. The Morgan fingerprint density at radius 2 is 1.93 bits per heavy atom. The lowest BCUT2D eigenvalue weighted by atomic mass is 10.0. The normalized spacial score (nSPS) is 12.5. The van der Waals surface area contributed by atoms with Gasteiger partial charge in [-0.1, -0.05) is 26.0 Å². The quantitative estimate of drug-likeness (QED) is 0.774. The predicted octanol–water partition coefficient (Wildman–Crippen LogP) is 2.80. The molecule has 1 aromatic carbocycles. The molecule has 1 aromatic rings. The van der Waals surface area contributed by atoms with Crippen molar-refractivity contribution < 1.29 is 4.74 Å². The molecule has 0 heterocycles. The van der Waals surface area contributed by atoms with E-state index in [2.05, 4.69) is 43.4 Å². The van der Waals surface area contributed by atoms with E-state index in [-0.39, 0.29) is 0 Å². The van der Waals surface area contributed by atoms with Crippen LogP contribution in [0.5, 0.6) is 5.75 Å². The Balaban J connectivity index is 2.55. The Bertz CT molecular complexity index is 268. The summed E-state index contributed by atoms with van der Waals surface area (Å²) in [6, 6.07) is 8.40. The third-order valence-corrected chi connectivity index (χ3v) is 2.43. The fourth-order valence-corrected chi connectivity index (χ4v) is 1.54. The van der Waals surface area contributed by atoms with Gasteiger partial charge in [0.2, 0.25) is 0 Å². The molecule has 0 spiro atoms. The molecule has 1 N–H and O–H groups in total. The second kappa shape index (κ2) is 6.46. The summed E-state index contributed by atoms with van der Waals surface area (Å²) in [5.74, 6) is 1.52. The van der Waals surface area contributed by atoms with Crippen molar-refractivity contribution in [1.29, 1.82) is 0 Å². The molecule has 0 aromatic heterocycles. The first-order valence-electron chi connectivity index (χ1n) is 5.65. The molecule has 2 nitrogen and oxygen atoms in total. The molecule has 0 aliphatic heterocycles. The van der Waals surface area contributed by atoms with E-state index in [9.17, 15) is 0 Å². The summed E-state index contributed by atoms with van der Waals surface area (Å²) in [6.07, 6.45) is 1.05. The summed E-state index contributed by atoms with van der Waals surface area (Å²) < 4.78 is 5.53. The summed E-state index contributed by atoms with van der Waals surface area (Å²) in [4.78, 5) is 0. The largest absolute Gasteiger partial charge is 0.494 e. The Hall–Kier alpha value is -1.02. The Kier molecular flexibility index (Phi) is 5.19. The molecule has 1 unspecified atom stereocenters. The van der Waals surface area contributed by atoms with E-state index >= 15 is 0 Å². The summed E-state index contributed by atoms with van der Waals surface area (Å²) in [5.41, 5.74) is 1.35. The number of rotatable bonds is 6. The molecular formula is C13H21NO. The highest BCUT2D eigenvalue weighted by atomic mass is 16.5.